The fourth-order valence-corrected chi connectivity index (χ4v) is 2.40. The van der Waals surface area contributed by atoms with Crippen molar-refractivity contribution in [1.29, 1.82) is 0 Å². The molecule has 0 aliphatic heterocycles. The summed E-state index contributed by atoms with van der Waals surface area (Å²) < 4.78 is 12.6. The molecule has 0 aliphatic carbocycles. The molecule has 0 bridgehead atoms. The van der Waals surface area contributed by atoms with Gasteiger partial charge in [-0.2, -0.15) is 0 Å². The van der Waals surface area contributed by atoms with Gasteiger partial charge in [0.05, 0.1) is 12.7 Å². The highest BCUT2D eigenvalue weighted by Gasteiger charge is 2.16. The van der Waals surface area contributed by atoms with Gasteiger partial charge < -0.3 is 9.47 Å². The lowest BCUT2D eigenvalue weighted by Gasteiger charge is -2.08. The van der Waals surface area contributed by atoms with E-state index in [-0.39, 0.29) is 5.97 Å². The van der Waals surface area contributed by atoms with Crippen LogP contribution in [0, 0.1) is 0 Å². The second kappa shape index (κ2) is 7.42. The molecule has 0 aliphatic rings. The molecule has 0 saturated carbocycles. The Kier molecular flexibility index (Phi) is 4.87. The molecular weight excluding hydrogens is 302 g/mol. The van der Waals surface area contributed by atoms with E-state index in [1.807, 2.05) is 53.4 Å². The molecule has 2 aromatic carbocycles. The zero-order chi connectivity index (χ0) is 16.8. The molecule has 120 valence electrons. The predicted octanol–water partition coefficient (Wildman–Crippen LogP) is 3.25. The van der Waals surface area contributed by atoms with E-state index in [1.165, 1.54) is 0 Å². The van der Waals surface area contributed by atoms with Gasteiger partial charge in [-0.15, -0.1) is 0 Å². The summed E-state index contributed by atoms with van der Waals surface area (Å²) in [5.41, 5.74) is 1.47. The van der Waals surface area contributed by atoms with Crippen LogP contribution in [0.1, 0.15) is 15.9 Å². The first-order valence-corrected chi connectivity index (χ1v) is 7.64. The molecule has 3 aromatic rings. The molecular formula is C20H18NO3+. The third-order valence-corrected chi connectivity index (χ3v) is 3.64. The van der Waals surface area contributed by atoms with Crippen molar-refractivity contribution in [2.24, 2.45) is 0 Å². The second-order valence-electron chi connectivity index (χ2n) is 5.27. The zero-order valence-electron chi connectivity index (χ0n) is 13.4. The highest BCUT2D eigenvalue weighted by Crippen LogP contribution is 2.19. The molecule has 3 rings (SSSR count). The first kappa shape index (κ1) is 15.7. The highest BCUT2D eigenvalue weighted by atomic mass is 16.5. The first-order chi connectivity index (χ1) is 11.8. The summed E-state index contributed by atoms with van der Waals surface area (Å²) in [5.74, 6) is 0.839. The number of ether oxygens (including phenoxy) is 2. The molecule has 0 fully saturated rings. The Morgan fingerprint density at radius 2 is 1.54 bits per heavy atom. The molecule has 4 nitrogen and oxygen atoms in total. The van der Waals surface area contributed by atoms with Gasteiger partial charge in [0.15, 0.2) is 18.9 Å². The van der Waals surface area contributed by atoms with Gasteiger partial charge in [-0.1, -0.05) is 24.3 Å². The second-order valence-corrected chi connectivity index (χ2v) is 5.27. The van der Waals surface area contributed by atoms with Crippen LogP contribution in [0.3, 0.4) is 0 Å². The van der Waals surface area contributed by atoms with Crippen LogP contribution >= 0.6 is 0 Å². The lowest BCUT2D eigenvalue weighted by atomic mass is 10.1. The summed E-state index contributed by atoms with van der Waals surface area (Å²) >= 11 is 0. The number of esters is 1. The van der Waals surface area contributed by atoms with E-state index >= 15 is 0 Å². The van der Waals surface area contributed by atoms with Crippen LogP contribution in [0.5, 0.6) is 11.5 Å². The van der Waals surface area contributed by atoms with Crippen LogP contribution in [0.15, 0.2) is 79.1 Å². The molecule has 0 N–H and O–H groups in total. The maximum absolute atomic E-state index is 12.5. The molecule has 1 heterocycles. The third-order valence-electron chi connectivity index (χ3n) is 3.64. The van der Waals surface area contributed by atoms with Gasteiger partial charge in [0.1, 0.15) is 11.5 Å². The Morgan fingerprint density at radius 3 is 2.25 bits per heavy atom. The number of benzene rings is 2. The van der Waals surface area contributed by atoms with Crippen molar-refractivity contribution in [3.8, 4) is 11.5 Å². The van der Waals surface area contributed by atoms with Crippen molar-refractivity contribution < 1.29 is 18.8 Å². The Balaban J connectivity index is 1.79. The SMILES string of the molecule is COc1ccc(OC(=O)c2ccccc2C[n+]2ccccc2)cc1. The minimum atomic E-state index is -0.368. The molecule has 0 radical (unpaired) electrons. The fraction of sp³-hybridized carbons (Fsp3) is 0.100. The van der Waals surface area contributed by atoms with Gasteiger partial charge in [-0.3, -0.25) is 0 Å². The van der Waals surface area contributed by atoms with E-state index in [0.717, 1.165) is 11.3 Å². The van der Waals surface area contributed by atoms with Gasteiger partial charge in [-0.25, -0.2) is 9.36 Å². The number of carbonyl (C=O) groups excluding carboxylic acids is 1. The Hall–Kier alpha value is -3.14. The molecule has 0 amide bonds. The van der Waals surface area contributed by atoms with E-state index in [0.29, 0.717) is 17.9 Å². The largest absolute Gasteiger partial charge is 0.497 e. The zero-order valence-corrected chi connectivity index (χ0v) is 13.4. The lowest BCUT2D eigenvalue weighted by Crippen LogP contribution is -2.33. The van der Waals surface area contributed by atoms with Crippen molar-refractivity contribution in [3.63, 3.8) is 0 Å². The number of hydrogen-bond acceptors (Lipinski definition) is 3. The molecule has 0 saturated heterocycles. The number of pyridine rings is 1. The van der Waals surface area contributed by atoms with Crippen LogP contribution in [-0.4, -0.2) is 13.1 Å². The maximum Gasteiger partial charge on any atom is 0.344 e. The van der Waals surface area contributed by atoms with Gasteiger partial charge in [0, 0.05) is 17.7 Å². The number of hydrogen-bond donors (Lipinski definition) is 0. The number of carbonyl (C=O) groups is 1. The number of methoxy groups -OCH3 is 1. The van der Waals surface area contributed by atoms with Gasteiger partial charge in [0.25, 0.3) is 0 Å². The van der Waals surface area contributed by atoms with E-state index in [9.17, 15) is 4.79 Å². The summed E-state index contributed by atoms with van der Waals surface area (Å²) in [7, 11) is 1.60. The standard InChI is InChI=1S/C20H18NO3/c1-23-17-9-11-18(12-10-17)24-20(22)19-8-4-3-7-16(19)15-21-13-5-2-6-14-21/h2-14H,15H2,1H3/q+1. The highest BCUT2D eigenvalue weighted by molar-refractivity contribution is 5.92. The molecule has 24 heavy (non-hydrogen) atoms. The molecule has 0 unspecified atom stereocenters. The van der Waals surface area contributed by atoms with Crippen molar-refractivity contribution in [2.45, 2.75) is 6.54 Å². The molecule has 0 atom stereocenters. The van der Waals surface area contributed by atoms with Crippen LogP contribution in [0.25, 0.3) is 0 Å². The van der Waals surface area contributed by atoms with E-state index in [2.05, 4.69) is 0 Å². The topological polar surface area (TPSA) is 39.4 Å². The Morgan fingerprint density at radius 1 is 0.875 bits per heavy atom. The van der Waals surface area contributed by atoms with Crippen molar-refractivity contribution in [1.82, 2.24) is 0 Å². The first-order valence-electron chi connectivity index (χ1n) is 7.64. The average Bonchev–Trinajstić information content (AvgIpc) is 2.63. The summed E-state index contributed by atoms with van der Waals surface area (Å²) in [4.78, 5) is 12.5. The predicted molar refractivity (Wildman–Crippen MR) is 90.1 cm³/mol. The number of rotatable bonds is 5. The normalized spacial score (nSPS) is 10.2. The van der Waals surface area contributed by atoms with Gasteiger partial charge in [0.2, 0.25) is 0 Å². The van der Waals surface area contributed by atoms with E-state index < -0.39 is 0 Å². The third kappa shape index (κ3) is 3.79. The van der Waals surface area contributed by atoms with Gasteiger partial charge >= 0.3 is 5.97 Å². The maximum atomic E-state index is 12.5. The monoisotopic (exact) mass is 320 g/mol. The minimum Gasteiger partial charge on any atom is -0.497 e. The minimum absolute atomic E-state index is 0.368. The number of nitrogens with zero attached hydrogens (tertiary/aromatic N) is 1. The quantitative estimate of drug-likeness (QED) is 0.411. The van der Waals surface area contributed by atoms with Gasteiger partial charge in [-0.05, 0) is 30.3 Å². The van der Waals surface area contributed by atoms with Crippen LogP contribution in [0.4, 0.5) is 0 Å². The summed E-state index contributed by atoms with van der Waals surface area (Å²) in [6.45, 7) is 0.606. The van der Waals surface area contributed by atoms with Crippen LogP contribution in [0.2, 0.25) is 0 Å². The molecule has 4 heteroatoms. The van der Waals surface area contributed by atoms with E-state index in [1.54, 1.807) is 37.4 Å². The van der Waals surface area contributed by atoms with Crippen molar-refractivity contribution in [2.75, 3.05) is 7.11 Å². The molecule has 0 spiro atoms. The average molecular weight is 320 g/mol. The van der Waals surface area contributed by atoms with Crippen molar-refractivity contribution in [3.05, 3.63) is 90.3 Å². The fourth-order valence-electron chi connectivity index (χ4n) is 2.40. The number of aromatic nitrogens is 1. The summed E-state index contributed by atoms with van der Waals surface area (Å²) in [6.07, 6.45) is 3.93. The Bertz CT molecular complexity index is 814. The van der Waals surface area contributed by atoms with Crippen molar-refractivity contribution >= 4 is 5.97 Å². The van der Waals surface area contributed by atoms with Crippen LogP contribution in [-0.2, 0) is 6.54 Å². The lowest BCUT2D eigenvalue weighted by molar-refractivity contribution is -0.688. The summed E-state index contributed by atoms with van der Waals surface area (Å²) in [6, 6.07) is 20.3. The Labute approximate surface area is 140 Å². The van der Waals surface area contributed by atoms with E-state index in [4.69, 9.17) is 9.47 Å². The summed E-state index contributed by atoms with van der Waals surface area (Å²) in [5, 5.41) is 0. The smallest absolute Gasteiger partial charge is 0.344 e. The van der Waals surface area contributed by atoms with Crippen LogP contribution < -0.4 is 14.0 Å². The molecule has 1 aromatic heterocycles.